The van der Waals surface area contributed by atoms with Crippen molar-refractivity contribution in [3.05, 3.63) is 34.9 Å². The van der Waals surface area contributed by atoms with Crippen molar-refractivity contribution in [3.63, 3.8) is 0 Å². The van der Waals surface area contributed by atoms with Crippen LogP contribution in [0.4, 0.5) is 26.3 Å². The van der Waals surface area contributed by atoms with Crippen LogP contribution in [-0.2, 0) is 12.4 Å². The molecule has 3 N–H and O–H groups in total. The molecular formula is C13H16F6N2. The molecule has 1 rings (SSSR count). The lowest BCUT2D eigenvalue weighted by Gasteiger charge is -2.19. The van der Waals surface area contributed by atoms with Crippen molar-refractivity contribution in [1.82, 2.24) is 5.32 Å². The molecule has 1 aromatic rings. The van der Waals surface area contributed by atoms with Gasteiger partial charge >= 0.3 is 12.4 Å². The Morgan fingerprint density at radius 2 is 1.48 bits per heavy atom. The summed E-state index contributed by atoms with van der Waals surface area (Å²) >= 11 is 0. The third-order valence-corrected chi connectivity index (χ3v) is 2.94. The van der Waals surface area contributed by atoms with Crippen LogP contribution < -0.4 is 11.1 Å². The minimum atomic E-state index is -4.83. The highest BCUT2D eigenvalue weighted by atomic mass is 19.4. The smallest absolute Gasteiger partial charge is 0.330 e. The lowest BCUT2D eigenvalue weighted by molar-refractivity contribution is -0.143. The Labute approximate surface area is 118 Å². The van der Waals surface area contributed by atoms with Gasteiger partial charge in [0.1, 0.15) is 0 Å². The molecule has 0 fully saturated rings. The van der Waals surface area contributed by atoms with E-state index in [1.54, 1.807) is 0 Å². The summed E-state index contributed by atoms with van der Waals surface area (Å²) in [7, 11) is 0. The summed E-state index contributed by atoms with van der Waals surface area (Å²) in [6.45, 7) is 2.30. The zero-order valence-electron chi connectivity index (χ0n) is 11.3. The molecule has 0 aromatic heterocycles. The number of rotatable bonds is 5. The summed E-state index contributed by atoms with van der Waals surface area (Å²) in [6.07, 6.45) is -9.07. The summed E-state index contributed by atoms with van der Waals surface area (Å²) in [5, 5.41) is 2.84. The van der Waals surface area contributed by atoms with E-state index in [1.807, 2.05) is 0 Å². The Morgan fingerprint density at radius 1 is 1.00 bits per heavy atom. The second-order valence-electron chi connectivity index (χ2n) is 4.66. The lowest BCUT2D eigenvalue weighted by atomic mass is 10.0. The molecule has 0 bridgehead atoms. The van der Waals surface area contributed by atoms with Gasteiger partial charge in [0, 0.05) is 6.04 Å². The van der Waals surface area contributed by atoms with Gasteiger partial charge in [-0.1, -0.05) is 0 Å². The van der Waals surface area contributed by atoms with Gasteiger partial charge in [-0.15, -0.1) is 0 Å². The maximum Gasteiger partial charge on any atom is 0.416 e. The molecule has 0 saturated heterocycles. The molecule has 0 amide bonds. The van der Waals surface area contributed by atoms with Gasteiger partial charge in [0.2, 0.25) is 0 Å². The maximum atomic E-state index is 12.7. The summed E-state index contributed by atoms with van der Waals surface area (Å²) in [4.78, 5) is 0. The second kappa shape index (κ2) is 6.65. The first-order valence-corrected chi connectivity index (χ1v) is 6.28. The van der Waals surface area contributed by atoms with Crippen molar-refractivity contribution in [2.24, 2.45) is 5.73 Å². The van der Waals surface area contributed by atoms with Crippen molar-refractivity contribution < 1.29 is 26.3 Å². The van der Waals surface area contributed by atoms with Crippen LogP contribution in [-0.4, -0.2) is 13.1 Å². The largest absolute Gasteiger partial charge is 0.416 e. The van der Waals surface area contributed by atoms with E-state index in [9.17, 15) is 26.3 Å². The standard InChI is InChI=1S/C13H16F6N2/c1-8(21-4-2-3-20)9-5-10(12(14,15)16)7-11(6-9)13(17,18)19/h5-8,21H,2-4,20H2,1H3. The van der Waals surface area contributed by atoms with Gasteiger partial charge in [0.15, 0.2) is 0 Å². The third-order valence-electron chi connectivity index (χ3n) is 2.94. The molecule has 2 nitrogen and oxygen atoms in total. The van der Waals surface area contributed by atoms with Gasteiger partial charge in [0.25, 0.3) is 0 Å². The summed E-state index contributed by atoms with van der Waals surface area (Å²) in [6, 6.07) is 0.945. The predicted octanol–water partition coefficient (Wildman–Crippen LogP) is 3.72. The van der Waals surface area contributed by atoms with Gasteiger partial charge in [-0.05, 0) is 50.2 Å². The van der Waals surface area contributed by atoms with Crippen LogP contribution in [0.25, 0.3) is 0 Å². The highest BCUT2D eigenvalue weighted by Gasteiger charge is 2.37. The zero-order chi connectivity index (χ0) is 16.3. The Bertz CT molecular complexity index is 434. The van der Waals surface area contributed by atoms with E-state index in [1.165, 1.54) is 6.92 Å². The fourth-order valence-electron chi connectivity index (χ4n) is 1.77. The summed E-state index contributed by atoms with van der Waals surface area (Å²) in [5.74, 6) is 0. The van der Waals surface area contributed by atoms with E-state index in [0.29, 0.717) is 19.5 Å². The molecule has 1 atom stereocenters. The first-order chi connectivity index (χ1) is 9.55. The molecule has 1 aromatic carbocycles. The topological polar surface area (TPSA) is 38.0 Å². The monoisotopic (exact) mass is 314 g/mol. The van der Waals surface area contributed by atoms with Gasteiger partial charge in [-0.25, -0.2) is 0 Å². The molecule has 0 heterocycles. The highest BCUT2D eigenvalue weighted by molar-refractivity contribution is 5.35. The molecule has 120 valence electrons. The van der Waals surface area contributed by atoms with Gasteiger partial charge in [-0.2, -0.15) is 26.3 Å². The number of benzene rings is 1. The molecule has 21 heavy (non-hydrogen) atoms. The quantitative estimate of drug-likeness (QED) is 0.642. The Kier molecular flexibility index (Phi) is 5.63. The molecule has 0 radical (unpaired) electrons. The van der Waals surface area contributed by atoms with Gasteiger partial charge in [-0.3, -0.25) is 0 Å². The molecule has 8 heteroatoms. The molecule has 0 aliphatic carbocycles. The Hall–Kier alpha value is -1.28. The molecule has 0 aliphatic heterocycles. The van der Waals surface area contributed by atoms with Crippen LogP contribution in [0, 0.1) is 0 Å². The van der Waals surface area contributed by atoms with Crippen molar-refractivity contribution in [2.45, 2.75) is 31.7 Å². The number of hydrogen-bond donors (Lipinski definition) is 2. The average Bonchev–Trinajstić information content (AvgIpc) is 2.36. The van der Waals surface area contributed by atoms with Gasteiger partial charge in [0.05, 0.1) is 11.1 Å². The minimum Gasteiger partial charge on any atom is -0.330 e. The highest BCUT2D eigenvalue weighted by Crippen LogP contribution is 2.37. The Balaban J connectivity index is 3.13. The first kappa shape index (κ1) is 17.8. The predicted molar refractivity (Wildman–Crippen MR) is 66.5 cm³/mol. The fourth-order valence-corrected chi connectivity index (χ4v) is 1.77. The van der Waals surface area contributed by atoms with Crippen LogP contribution >= 0.6 is 0 Å². The number of nitrogens with two attached hydrogens (primary N) is 1. The summed E-state index contributed by atoms with van der Waals surface area (Å²) < 4.78 is 76.2. The number of nitrogens with one attached hydrogen (secondary N) is 1. The van der Waals surface area contributed by atoms with E-state index in [2.05, 4.69) is 5.32 Å². The van der Waals surface area contributed by atoms with Crippen LogP contribution in [0.2, 0.25) is 0 Å². The number of alkyl halides is 6. The third kappa shape index (κ3) is 5.20. The molecule has 0 spiro atoms. The van der Waals surface area contributed by atoms with Crippen LogP contribution in [0.3, 0.4) is 0 Å². The average molecular weight is 314 g/mol. The molecule has 0 saturated carbocycles. The Morgan fingerprint density at radius 3 is 1.86 bits per heavy atom. The van der Waals surface area contributed by atoms with E-state index >= 15 is 0 Å². The minimum absolute atomic E-state index is 0.0610. The SMILES string of the molecule is CC(NCCCN)c1cc(C(F)(F)F)cc(C(F)(F)F)c1. The maximum absolute atomic E-state index is 12.7. The zero-order valence-corrected chi connectivity index (χ0v) is 11.3. The summed E-state index contributed by atoms with van der Waals surface area (Å²) in [5.41, 5.74) is 2.61. The second-order valence-corrected chi connectivity index (χ2v) is 4.66. The number of hydrogen-bond acceptors (Lipinski definition) is 2. The normalized spacial score (nSPS) is 14.3. The van der Waals surface area contributed by atoms with E-state index in [4.69, 9.17) is 5.73 Å². The van der Waals surface area contributed by atoms with Crippen molar-refractivity contribution in [1.29, 1.82) is 0 Å². The van der Waals surface area contributed by atoms with Crippen LogP contribution in [0.5, 0.6) is 0 Å². The number of halogens is 6. The van der Waals surface area contributed by atoms with Crippen molar-refractivity contribution >= 4 is 0 Å². The molecular weight excluding hydrogens is 298 g/mol. The first-order valence-electron chi connectivity index (χ1n) is 6.28. The molecule has 1 unspecified atom stereocenters. The van der Waals surface area contributed by atoms with E-state index in [0.717, 1.165) is 12.1 Å². The van der Waals surface area contributed by atoms with Gasteiger partial charge < -0.3 is 11.1 Å². The van der Waals surface area contributed by atoms with Crippen molar-refractivity contribution in [3.8, 4) is 0 Å². The molecule has 0 aliphatic rings. The fraction of sp³-hybridized carbons (Fsp3) is 0.538. The van der Waals surface area contributed by atoms with Crippen LogP contribution in [0.1, 0.15) is 36.1 Å². The van der Waals surface area contributed by atoms with E-state index < -0.39 is 29.5 Å². The lowest BCUT2D eigenvalue weighted by Crippen LogP contribution is -2.23. The van der Waals surface area contributed by atoms with Crippen LogP contribution in [0.15, 0.2) is 18.2 Å². The van der Waals surface area contributed by atoms with E-state index in [-0.39, 0.29) is 11.6 Å². The van der Waals surface area contributed by atoms with Crippen molar-refractivity contribution in [2.75, 3.05) is 13.1 Å².